The fourth-order valence-corrected chi connectivity index (χ4v) is 4.53. The summed E-state index contributed by atoms with van der Waals surface area (Å²) in [6, 6.07) is 5.35. The van der Waals surface area contributed by atoms with Gasteiger partial charge in [0, 0.05) is 25.2 Å². The van der Waals surface area contributed by atoms with Gasteiger partial charge >= 0.3 is 0 Å². The Kier molecular flexibility index (Phi) is 4.92. The highest BCUT2D eigenvalue weighted by Crippen LogP contribution is 2.30. The average molecular weight is 313 g/mol. The van der Waals surface area contributed by atoms with E-state index in [-0.39, 0.29) is 16.6 Å². The predicted octanol–water partition coefficient (Wildman–Crippen LogP) is 1.36. The summed E-state index contributed by atoms with van der Waals surface area (Å²) in [7, 11) is -2.09. The van der Waals surface area contributed by atoms with E-state index in [0.29, 0.717) is 13.1 Å². The molecule has 1 heterocycles. The van der Waals surface area contributed by atoms with Gasteiger partial charge in [-0.25, -0.2) is 8.42 Å². The van der Waals surface area contributed by atoms with Crippen molar-refractivity contribution in [2.75, 3.05) is 20.1 Å². The van der Waals surface area contributed by atoms with Crippen LogP contribution >= 0.6 is 0 Å². The van der Waals surface area contributed by atoms with Crippen LogP contribution in [-0.4, -0.2) is 43.8 Å². The normalized spacial score (nSPS) is 20.3. The Morgan fingerprint density at radius 1 is 1.38 bits per heavy atom. The van der Waals surface area contributed by atoms with Gasteiger partial charge in [0.1, 0.15) is 0 Å². The number of rotatable bonds is 5. The number of nitrogens with zero attached hydrogens (tertiary/aromatic N) is 2. The van der Waals surface area contributed by atoms with Crippen molar-refractivity contribution >= 4 is 15.7 Å². The van der Waals surface area contributed by atoms with Gasteiger partial charge in [-0.2, -0.15) is 4.31 Å². The second-order valence-electron chi connectivity index (χ2n) is 5.05. The molecule has 1 saturated heterocycles. The van der Waals surface area contributed by atoms with E-state index in [1.54, 1.807) is 7.05 Å². The quantitative estimate of drug-likeness (QED) is 0.654. The molecule has 0 aromatic heterocycles. The van der Waals surface area contributed by atoms with E-state index in [9.17, 15) is 18.5 Å². The summed E-state index contributed by atoms with van der Waals surface area (Å²) in [4.78, 5) is 10.2. The molecular weight excluding hydrogens is 294 g/mol. The molecule has 8 heteroatoms. The van der Waals surface area contributed by atoms with E-state index in [4.69, 9.17) is 0 Å². The zero-order valence-corrected chi connectivity index (χ0v) is 12.7. The Morgan fingerprint density at radius 2 is 2.10 bits per heavy atom. The van der Waals surface area contributed by atoms with E-state index in [2.05, 4.69) is 5.32 Å². The van der Waals surface area contributed by atoms with Crippen LogP contribution in [0.2, 0.25) is 0 Å². The maximum absolute atomic E-state index is 12.8. The van der Waals surface area contributed by atoms with Crippen LogP contribution in [0.15, 0.2) is 29.2 Å². The summed E-state index contributed by atoms with van der Waals surface area (Å²) in [5, 5.41) is 14.1. The highest BCUT2D eigenvalue weighted by molar-refractivity contribution is 7.89. The zero-order valence-electron chi connectivity index (χ0n) is 11.9. The lowest BCUT2D eigenvalue weighted by Crippen LogP contribution is -2.47. The molecular formula is C13H19N3O4S. The third kappa shape index (κ3) is 3.22. The number of sulfonamides is 1. The topological polar surface area (TPSA) is 92.6 Å². The Labute approximate surface area is 124 Å². The van der Waals surface area contributed by atoms with Crippen molar-refractivity contribution in [3.05, 3.63) is 34.4 Å². The molecule has 0 radical (unpaired) electrons. The SMILES string of the molecule is CNC[C@@H]1CCCCN1S(=O)(=O)c1ccccc1[N+](=O)[O-]. The third-order valence-corrected chi connectivity index (χ3v) is 5.66. The highest BCUT2D eigenvalue weighted by atomic mass is 32.2. The lowest BCUT2D eigenvalue weighted by molar-refractivity contribution is -0.387. The molecule has 1 aliphatic rings. The van der Waals surface area contributed by atoms with Crippen molar-refractivity contribution in [3.63, 3.8) is 0 Å². The molecule has 0 amide bonds. The summed E-state index contributed by atoms with van der Waals surface area (Å²) >= 11 is 0. The molecule has 1 aromatic carbocycles. The first kappa shape index (κ1) is 15.9. The van der Waals surface area contributed by atoms with Crippen molar-refractivity contribution < 1.29 is 13.3 Å². The number of nitro benzene ring substituents is 1. The minimum absolute atomic E-state index is 0.159. The Balaban J connectivity index is 2.43. The standard InChI is InChI=1S/C13H19N3O4S/c1-14-10-11-6-4-5-9-15(11)21(19,20)13-8-3-2-7-12(13)16(17)18/h2-3,7-8,11,14H,4-6,9-10H2,1H3/t11-/m0/s1. The van der Waals surface area contributed by atoms with Gasteiger partial charge in [-0.05, 0) is 26.0 Å². The van der Waals surface area contributed by atoms with Crippen LogP contribution in [0.3, 0.4) is 0 Å². The number of likely N-dealkylation sites (N-methyl/N-ethyl adjacent to an activating group) is 1. The number of hydrogen-bond acceptors (Lipinski definition) is 5. The van der Waals surface area contributed by atoms with E-state index in [1.807, 2.05) is 0 Å². The van der Waals surface area contributed by atoms with Gasteiger partial charge in [0.25, 0.3) is 5.69 Å². The van der Waals surface area contributed by atoms with Gasteiger partial charge in [-0.3, -0.25) is 10.1 Å². The monoisotopic (exact) mass is 313 g/mol. The molecule has 2 rings (SSSR count). The molecule has 1 atom stereocenters. The van der Waals surface area contributed by atoms with Crippen LogP contribution in [0.1, 0.15) is 19.3 Å². The number of benzene rings is 1. The molecule has 0 saturated carbocycles. The number of nitro groups is 1. The lowest BCUT2D eigenvalue weighted by atomic mass is 10.1. The van der Waals surface area contributed by atoms with Gasteiger partial charge in [0.05, 0.1) is 4.92 Å². The first-order chi connectivity index (χ1) is 9.98. The third-order valence-electron chi connectivity index (χ3n) is 3.66. The van der Waals surface area contributed by atoms with Crippen LogP contribution in [0.4, 0.5) is 5.69 Å². The predicted molar refractivity (Wildman–Crippen MR) is 78.6 cm³/mol. The van der Waals surface area contributed by atoms with E-state index >= 15 is 0 Å². The van der Waals surface area contributed by atoms with Crippen molar-refractivity contribution in [2.45, 2.75) is 30.2 Å². The molecule has 1 aliphatic heterocycles. The first-order valence-electron chi connectivity index (χ1n) is 6.88. The van der Waals surface area contributed by atoms with Crippen LogP contribution in [0, 0.1) is 10.1 Å². The molecule has 0 bridgehead atoms. The fraction of sp³-hybridized carbons (Fsp3) is 0.538. The number of nitrogens with one attached hydrogen (secondary N) is 1. The number of para-hydroxylation sites is 1. The molecule has 0 aliphatic carbocycles. The Bertz CT molecular complexity index is 616. The number of hydrogen-bond donors (Lipinski definition) is 1. The van der Waals surface area contributed by atoms with Gasteiger partial charge < -0.3 is 5.32 Å². The second-order valence-corrected chi connectivity index (χ2v) is 6.91. The van der Waals surface area contributed by atoms with E-state index in [1.165, 1.54) is 28.6 Å². The van der Waals surface area contributed by atoms with Crippen molar-refractivity contribution in [3.8, 4) is 0 Å². The van der Waals surface area contributed by atoms with Gasteiger partial charge in [-0.15, -0.1) is 0 Å². The van der Waals surface area contributed by atoms with Crippen LogP contribution < -0.4 is 5.32 Å². The smallest absolute Gasteiger partial charge is 0.289 e. The minimum atomic E-state index is -3.86. The maximum Gasteiger partial charge on any atom is 0.289 e. The molecule has 1 N–H and O–H groups in total. The average Bonchev–Trinajstić information content (AvgIpc) is 2.48. The fourth-order valence-electron chi connectivity index (χ4n) is 2.68. The summed E-state index contributed by atoms with van der Waals surface area (Å²) < 4.78 is 27.0. The summed E-state index contributed by atoms with van der Waals surface area (Å²) in [5.41, 5.74) is -0.369. The molecule has 1 aromatic rings. The summed E-state index contributed by atoms with van der Waals surface area (Å²) in [6.07, 6.45) is 2.51. The van der Waals surface area contributed by atoms with Gasteiger partial charge in [0.15, 0.2) is 4.90 Å². The minimum Gasteiger partial charge on any atom is -0.318 e. The lowest BCUT2D eigenvalue weighted by Gasteiger charge is -2.34. The molecule has 0 spiro atoms. The molecule has 116 valence electrons. The largest absolute Gasteiger partial charge is 0.318 e. The van der Waals surface area contributed by atoms with E-state index in [0.717, 1.165) is 19.3 Å². The van der Waals surface area contributed by atoms with Crippen molar-refractivity contribution in [1.29, 1.82) is 0 Å². The second kappa shape index (κ2) is 6.50. The number of piperidine rings is 1. The first-order valence-corrected chi connectivity index (χ1v) is 8.32. The maximum atomic E-state index is 12.8. The van der Waals surface area contributed by atoms with Crippen LogP contribution in [0.5, 0.6) is 0 Å². The summed E-state index contributed by atoms with van der Waals surface area (Å²) in [6.45, 7) is 0.945. The van der Waals surface area contributed by atoms with Gasteiger partial charge in [0.2, 0.25) is 10.0 Å². The van der Waals surface area contributed by atoms with Crippen molar-refractivity contribution in [2.24, 2.45) is 0 Å². The van der Waals surface area contributed by atoms with Crippen molar-refractivity contribution in [1.82, 2.24) is 9.62 Å². The van der Waals surface area contributed by atoms with Gasteiger partial charge in [-0.1, -0.05) is 18.6 Å². The van der Waals surface area contributed by atoms with Crippen LogP contribution in [-0.2, 0) is 10.0 Å². The summed E-state index contributed by atoms with van der Waals surface area (Å²) in [5.74, 6) is 0. The zero-order chi connectivity index (χ0) is 15.5. The Hall–Kier alpha value is -1.51. The molecule has 7 nitrogen and oxygen atoms in total. The van der Waals surface area contributed by atoms with E-state index < -0.39 is 14.9 Å². The Morgan fingerprint density at radius 3 is 2.76 bits per heavy atom. The highest BCUT2D eigenvalue weighted by Gasteiger charge is 2.36. The van der Waals surface area contributed by atoms with Crippen LogP contribution in [0.25, 0.3) is 0 Å². The molecule has 1 fully saturated rings. The molecule has 21 heavy (non-hydrogen) atoms. The molecule has 0 unspecified atom stereocenters.